The quantitative estimate of drug-likeness (QED) is 0.718. The Morgan fingerprint density at radius 3 is 3.22 bits per heavy atom. The highest BCUT2D eigenvalue weighted by atomic mass is 16.6. The molecule has 0 spiro atoms. The van der Waals surface area contributed by atoms with Crippen molar-refractivity contribution in [2.75, 3.05) is 39.1 Å². The van der Waals surface area contributed by atoms with Crippen molar-refractivity contribution in [3.63, 3.8) is 0 Å². The molecule has 0 radical (unpaired) electrons. The highest BCUT2D eigenvalue weighted by molar-refractivity contribution is 5.69. The van der Waals surface area contributed by atoms with Gasteiger partial charge in [-0.1, -0.05) is 0 Å². The first-order chi connectivity index (χ1) is 8.63. The van der Waals surface area contributed by atoms with E-state index in [2.05, 4.69) is 10.00 Å². The molecule has 1 aromatic rings. The van der Waals surface area contributed by atoms with Gasteiger partial charge in [0, 0.05) is 19.3 Å². The third-order valence-electron chi connectivity index (χ3n) is 2.72. The number of esters is 1. The van der Waals surface area contributed by atoms with E-state index in [1.165, 1.54) is 10.9 Å². The van der Waals surface area contributed by atoms with Gasteiger partial charge in [0.05, 0.1) is 18.5 Å². The summed E-state index contributed by atoms with van der Waals surface area (Å²) in [6, 6.07) is 0. The van der Waals surface area contributed by atoms with Crippen molar-refractivity contribution in [1.29, 1.82) is 0 Å². The van der Waals surface area contributed by atoms with Crippen LogP contribution in [-0.2, 0) is 20.8 Å². The van der Waals surface area contributed by atoms with Gasteiger partial charge < -0.3 is 20.1 Å². The lowest BCUT2D eigenvalue weighted by Gasteiger charge is -2.29. The number of hydrogen-bond acceptors (Lipinski definition) is 6. The maximum atomic E-state index is 11.6. The predicted molar refractivity (Wildman–Crippen MR) is 64.8 cm³/mol. The van der Waals surface area contributed by atoms with Crippen molar-refractivity contribution >= 4 is 11.7 Å². The van der Waals surface area contributed by atoms with E-state index in [0.717, 1.165) is 13.1 Å². The van der Waals surface area contributed by atoms with Gasteiger partial charge in [-0.2, -0.15) is 5.10 Å². The van der Waals surface area contributed by atoms with Crippen molar-refractivity contribution in [1.82, 2.24) is 14.7 Å². The van der Waals surface area contributed by atoms with E-state index in [1.54, 1.807) is 6.20 Å². The molecule has 2 heterocycles. The van der Waals surface area contributed by atoms with Gasteiger partial charge in [0.1, 0.15) is 19.3 Å². The Kier molecular flexibility index (Phi) is 4.16. The molecule has 1 aliphatic heterocycles. The molecule has 1 unspecified atom stereocenters. The fourth-order valence-electron chi connectivity index (χ4n) is 1.80. The SMILES string of the molecule is CN1CCOC(COC(=O)Cn2cc(N)cn2)C1. The zero-order chi connectivity index (χ0) is 13.0. The predicted octanol–water partition coefficient (Wildman–Crippen LogP) is -0.661. The van der Waals surface area contributed by atoms with Crippen LogP contribution in [0.1, 0.15) is 0 Å². The summed E-state index contributed by atoms with van der Waals surface area (Å²) < 4.78 is 12.1. The van der Waals surface area contributed by atoms with E-state index in [9.17, 15) is 4.79 Å². The molecular formula is C11H18N4O3. The fourth-order valence-corrected chi connectivity index (χ4v) is 1.80. The number of carbonyl (C=O) groups excluding carboxylic acids is 1. The van der Waals surface area contributed by atoms with E-state index in [1.807, 2.05) is 7.05 Å². The second kappa shape index (κ2) is 5.83. The van der Waals surface area contributed by atoms with Crippen LogP contribution in [0.5, 0.6) is 0 Å². The Hall–Kier alpha value is -1.60. The maximum Gasteiger partial charge on any atom is 0.327 e. The van der Waals surface area contributed by atoms with Crippen LogP contribution in [0.3, 0.4) is 0 Å². The van der Waals surface area contributed by atoms with E-state index in [0.29, 0.717) is 12.3 Å². The van der Waals surface area contributed by atoms with Crippen LogP contribution in [0.25, 0.3) is 0 Å². The topological polar surface area (TPSA) is 82.6 Å². The van der Waals surface area contributed by atoms with Crippen LogP contribution < -0.4 is 5.73 Å². The van der Waals surface area contributed by atoms with Gasteiger partial charge in [-0.3, -0.25) is 9.48 Å². The Bertz CT molecular complexity index is 407. The van der Waals surface area contributed by atoms with Gasteiger partial charge in [-0.15, -0.1) is 0 Å². The van der Waals surface area contributed by atoms with Crippen molar-refractivity contribution in [3.05, 3.63) is 12.4 Å². The van der Waals surface area contributed by atoms with E-state index in [4.69, 9.17) is 15.2 Å². The molecule has 18 heavy (non-hydrogen) atoms. The van der Waals surface area contributed by atoms with E-state index in [-0.39, 0.29) is 25.2 Å². The summed E-state index contributed by atoms with van der Waals surface area (Å²) >= 11 is 0. The van der Waals surface area contributed by atoms with Crippen molar-refractivity contribution in [2.45, 2.75) is 12.6 Å². The number of rotatable bonds is 4. The first-order valence-corrected chi connectivity index (χ1v) is 5.87. The molecule has 1 aliphatic rings. The lowest BCUT2D eigenvalue weighted by atomic mass is 10.3. The minimum absolute atomic E-state index is 0.0459. The second-order valence-electron chi connectivity index (χ2n) is 4.41. The monoisotopic (exact) mass is 254 g/mol. The minimum atomic E-state index is -0.338. The number of likely N-dealkylation sites (N-methyl/N-ethyl adjacent to an activating group) is 1. The van der Waals surface area contributed by atoms with E-state index < -0.39 is 0 Å². The summed E-state index contributed by atoms with van der Waals surface area (Å²) in [6.45, 7) is 2.72. The van der Waals surface area contributed by atoms with Gasteiger partial charge in [-0.25, -0.2) is 0 Å². The number of nitrogens with two attached hydrogens (primary N) is 1. The molecule has 100 valence electrons. The van der Waals surface area contributed by atoms with Gasteiger partial charge in [0.25, 0.3) is 0 Å². The highest BCUT2D eigenvalue weighted by Gasteiger charge is 2.19. The van der Waals surface area contributed by atoms with Crippen LogP contribution in [0.2, 0.25) is 0 Å². The molecule has 7 heteroatoms. The van der Waals surface area contributed by atoms with E-state index >= 15 is 0 Å². The molecule has 0 amide bonds. The summed E-state index contributed by atoms with van der Waals surface area (Å²) in [5.41, 5.74) is 6.03. The highest BCUT2D eigenvalue weighted by Crippen LogP contribution is 2.04. The summed E-state index contributed by atoms with van der Waals surface area (Å²) in [5.74, 6) is -0.338. The zero-order valence-electron chi connectivity index (χ0n) is 10.4. The Morgan fingerprint density at radius 1 is 1.72 bits per heavy atom. The molecule has 1 aromatic heterocycles. The smallest absolute Gasteiger partial charge is 0.327 e. The van der Waals surface area contributed by atoms with Crippen LogP contribution in [0.15, 0.2) is 12.4 Å². The number of morpholine rings is 1. The number of ether oxygens (including phenoxy) is 2. The van der Waals surface area contributed by atoms with Gasteiger partial charge in [0.2, 0.25) is 0 Å². The van der Waals surface area contributed by atoms with Gasteiger partial charge in [-0.05, 0) is 7.05 Å². The Morgan fingerprint density at radius 2 is 2.56 bits per heavy atom. The fraction of sp³-hybridized carbons (Fsp3) is 0.636. The van der Waals surface area contributed by atoms with Gasteiger partial charge in [0.15, 0.2) is 0 Å². The largest absolute Gasteiger partial charge is 0.461 e. The number of hydrogen-bond donors (Lipinski definition) is 1. The molecule has 0 aromatic carbocycles. The Labute approximate surface area is 105 Å². The number of carbonyl (C=O) groups is 1. The minimum Gasteiger partial charge on any atom is -0.461 e. The van der Waals surface area contributed by atoms with Crippen LogP contribution in [0.4, 0.5) is 5.69 Å². The molecule has 2 rings (SSSR count). The third-order valence-corrected chi connectivity index (χ3v) is 2.72. The molecule has 1 fully saturated rings. The first kappa shape index (κ1) is 12.8. The number of anilines is 1. The number of aromatic nitrogens is 2. The second-order valence-corrected chi connectivity index (χ2v) is 4.41. The van der Waals surface area contributed by atoms with Crippen molar-refractivity contribution in [2.24, 2.45) is 0 Å². The first-order valence-electron chi connectivity index (χ1n) is 5.87. The van der Waals surface area contributed by atoms with Crippen molar-refractivity contribution in [3.8, 4) is 0 Å². The van der Waals surface area contributed by atoms with Crippen LogP contribution >= 0.6 is 0 Å². The summed E-state index contributed by atoms with van der Waals surface area (Å²) in [5, 5.41) is 3.91. The molecule has 0 bridgehead atoms. The Balaban J connectivity index is 1.71. The lowest BCUT2D eigenvalue weighted by Crippen LogP contribution is -2.42. The molecule has 0 saturated carbocycles. The molecular weight excluding hydrogens is 236 g/mol. The van der Waals surface area contributed by atoms with Crippen LogP contribution in [-0.4, -0.2) is 60.1 Å². The zero-order valence-corrected chi connectivity index (χ0v) is 10.4. The van der Waals surface area contributed by atoms with Gasteiger partial charge >= 0.3 is 5.97 Å². The maximum absolute atomic E-state index is 11.6. The molecule has 1 atom stereocenters. The summed E-state index contributed by atoms with van der Waals surface area (Å²) in [7, 11) is 2.02. The number of nitrogen functional groups attached to an aromatic ring is 1. The molecule has 2 N–H and O–H groups in total. The third kappa shape index (κ3) is 3.71. The molecule has 0 aliphatic carbocycles. The standard InChI is InChI=1S/C11H18N4O3/c1-14-2-3-17-10(6-14)8-18-11(16)7-15-5-9(12)4-13-15/h4-5,10H,2-3,6-8,12H2,1H3. The summed E-state index contributed by atoms with van der Waals surface area (Å²) in [6.07, 6.45) is 3.04. The van der Waals surface area contributed by atoms with Crippen LogP contribution in [0, 0.1) is 0 Å². The normalized spacial score (nSPS) is 20.8. The molecule has 1 saturated heterocycles. The van der Waals surface area contributed by atoms with Crippen molar-refractivity contribution < 1.29 is 14.3 Å². The molecule has 7 nitrogen and oxygen atoms in total. The lowest BCUT2D eigenvalue weighted by molar-refractivity contribution is -0.151. The average molecular weight is 254 g/mol. The number of nitrogens with zero attached hydrogens (tertiary/aromatic N) is 3. The summed E-state index contributed by atoms with van der Waals surface area (Å²) in [4.78, 5) is 13.7. The average Bonchev–Trinajstić information content (AvgIpc) is 2.72.